The van der Waals surface area contributed by atoms with Gasteiger partial charge in [-0.25, -0.2) is 0 Å². The summed E-state index contributed by atoms with van der Waals surface area (Å²) in [7, 11) is 0. The molecule has 0 aliphatic heterocycles. The van der Waals surface area contributed by atoms with Gasteiger partial charge in [0.15, 0.2) is 0 Å². The molecule has 6 heteroatoms. The minimum atomic E-state index is -0.868. The molecule has 2 aliphatic rings. The van der Waals surface area contributed by atoms with Crippen LogP contribution < -0.4 is 10.6 Å². The second-order valence-electron chi connectivity index (χ2n) is 4.75. The van der Waals surface area contributed by atoms with E-state index in [9.17, 15) is 9.59 Å². The fourth-order valence-corrected chi connectivity index (χ4v) is 2.12. The SMILES string of the molecule is O=C(CCCNC(=O)C1CC1(Cl)Cl)NC1CC1. The summed E-state index contributed by atoms with van der Waals surface area (Å²) in [6.45, 7) is 0.497. The van der Waals surface area contributed by atoms with Crippen LogP contribution in [0.3, 0.4) is 0 Å². The van der Waals surface area contributed by atoms with E-state index in [0.717, 1.165) is 12.8 Å². The first-order valence-electron chi connectivity index (χ1n) is 5.94. The number of carbonyl (C=O) groups is 2. The molecule has 2 saturated carbocycles. The molecule has 96 valence electrons. The molecule has 2 N–H and O–H groups in total. The molecule has 0 heterocycles. The minimum Gasteiger partial charge on any atom is -0.356 e. The van der Waals surface area contributed by atoms with Crippen molar-refractivity contribution in [3.05, 3.63) is 0 Å². The number of alkyl halides is 2. The van der Waals surface area contributed by atoms with Gasteiger partial charge in [-0.05, 0) is 25.7 Å². The van der Waals surface area contributed by atoms with Crippen LogP contribution in [-0.4, -0.2) is 28.7 Å². The van der Waals surface area contributed by atoms with Gasteiger partial charge in [0.25, 0.3) is 0 Å². The molecular formula is C11H16Cl2N2O2. The molecule has 0 radical (unpaired) electrons. The smallest absolute Gasteiger partial charge is 0.226 e. The first-order chi connectivity index (χ1) is 7.99. The number of amides is 2. The molecule has 0 spiro atoms. The van der Waals surface area contributed by atoms with Gasteiger partial charge in [-0.15, -0.1) is 23.2 Å². The zero-order valence-electron chi connectivity index (χ0n) is 9.47. The largest absolute Gasteiger partial charge is 0.356 e. The number of nitrogens with one attached hydrogen (secondary N) is 2. The average Bonchev–Trinajstić information content (AvgIpc) is 3.12. The van der Waals surface area contributed by atoms with Crippen LogP contribution in [-0.2, 0) is 9.59 Å². The topological polar surface area (TPSA) is 58.2 Å². The molecule has 0 aromatic heterocycles. The van der Waals surface area contributed by atoms with Crippen LogP contribution in [0.4, 0.5) is 0 Å². The fourth-order valence-electron chi connectivity index (χ4n) is 1.61. The first kappa shape index (κ1) is 13.0. The lowest BCUT2D eigenvalue weighted by molar-refractivity contribution is -0.123. The first-order valence-corrected chi connectivity index (χ1v) is 6.69. The summed E-state index contributed by atoms with van der Waals surface area (Å²) < 4.78 is -0.868. The van der Waals surface area contributed by atoms with E-state index < -0.39 is 4.33 Å². The maximum Gasteiger partial charge on any atom is 0.226 e. The summed E-state index contributed by atoms with van der Waals surface area (Å²) in [6.07, 6.45) is 3.81. The number of halogens is 2. The van der Waals surface area contributed by atoms with Crippen molar-refractivity contribution in [2.45, 2.75) is 42.5 Å². The maximum atomic E-state index is 11.5. The van der Waals surface area contributed by atoms with E-state index in [1.54, 1.807) is 0 Å². The monoisotopic (exact) mass is 278 g/mol. The van der Waals surface area contributed by atoms with Gasteiger partial charge in [-0.2, -0.15) is 0 Å². The van der Waals surface area contributed by atoms with Crippen LogP contribution in [0.25, 0.3) is 0 Å². The van der Waals surface area contributed by atoms with Crippen LogP contribution in [0.2, 0.25) is 0 Å². The number of hydrogen-bond donors (Lipinski definition) is 2. The molecule has 1 atom stereocenters. The van der Waals surface area contributed by atoms with E-state index in [-0.39, 0.29) is 17.7 Å². The third-order valence-corrected chi connectivity index (χ3v) is 3.80. The van der Waals surface area contributed by atoms with Crippen molar-refractivity contribution in [3.63, 3.8) is 0 Å². The average molecular weight is 279 g/mol. The van der Waals surface area contributed by atoms with Crippen LogP contribution in [0.1, 0.15) is 32.1 Å². The summed E-state index contributed by atoms with van der Waals surface area (Å²) in [6, 6.07) is 0.400. The normalized spacial score (nSPS) is 25.2. The maximum absolute atomic E-state index is 11.5. The van der Waals surface area contributed by atoms with E-state index in [4.69, 9.17) is 23.2 Å². The van der Waals surface area contributed by atoms with Crippen molar-refractivity contribution in [1.82, 2.24) is 10.6 Å². The Hall–Kier alpha value is -0.480. The molecule has 2 aliphatic carbocycles. The Morgan fingerprint density at radius 2 is 1.94 bits per heavy atom. The van der Waals surface area contributed by atoms with Gasteiger partial charge >= 0.3 is 0 Å². The third-order valence-electron chi connectivity index (χ3n) is 2.96. The lowest BCUT2D eigenvalue weighted by Crippen LogP contribution is -2.30. The Labute approximate surface area is 110 Å². The van der Waals surface area contributed by atoms with Gasteiger partial charge in [0, 0.05) is 19.0 Å². The predicted molar refractivity (Wildman–Crippen MR) is 66.0 cm³/mol. The van der Waals surface area contributed by atoms with E-state index in [1.807, 2.05) is 0 Å². The molecule has 2 rings (SSSR count). The van der Waals surface area contributed by atoms with Gasteiger partial charge in [-0.1, -0.05) is 0 Å². The van der Waals surface area contributed by atoms with E-state index in [1.165, 1.54) is 0 Å². The molecule has 1 unspecified atom stereocenters. The van der Waals surface area contributed by atoms with Gasteiger partial charge < -0.3 is 10.6 Å². The highest BCUT2D eigenvalue weighted by Gasteiger charge is 2.56. The van der Waals surface area contributed by atoms with Gasteiger partial charge in [0.05, 0.1) is 5.92 Å². The lowest BCUT2D eigenvalue weighted by atomic mass is 10.3. The van der Waals surface area contributed by atoms with Crippen LogP contribution in [0, 0.1) is 5.92 Å². The van der Waals surface area contributed by atoms with Crippen molar-refractivity contribution < 1.29 is 9.59 Å². The Morgan fingerprint density at radius 3 is 2.47 bits per heavy atom. The Morgan fingerprint density at radius 1 is 1.29 bits per heavy atom. The Kier molecular flexibility index (Phi) is 3.83. The Bertz CT molecular complexity index is 329. The number of hydrogen-bond acceptors (Lipinski definition) is 2. The van der Waals surface area contributed by atoms with E-state index in [2.05, 4.69) is 10.6 Å². The summed E-state index contributed by atoms with van der Waals surface area (Å²) in [5.74, 6) is -0.332. The quantitative estimate of drug-likeness (QED) is 0.569. The highest BCUT2D eigenvalue weighted by atomic mass is 35.5. The standard InChI is InChI=1S/C11H16Cl2N2O2/c12-11(13)6-8(11)10(17)14-5-1-2-9(16)15-7-3-4-7/h7-8H,1-6H2,(H,14,17)(H,15,16). The molecule has 2 fully saturated rings. The number of carbonyl (C=O) groups excluding carboxylic acids is 2. The van der Waals surface area contributed by atoms with E-state index in [0.29, 0.717) is 31.8 Å². The summed E-state index contributed by atoms with van der Waals surface area (Å²) in [5, 5.41) is 5.63. The predicted octanol–water partition coefficient (Wildman–Crippen LogP) is 1.36. The summed E-state index contributed by atoms with van der Waals surface area (Å²) in [5.41, 5.74) is 0. The van der Waals surface area contributed by atoms with Crippen molar-refractivity contribution >= 4 is 35.0 Å². The highest BCUT2D eigenvalue weighted by molar-refractivity contribution is 6.52. The molecule has 0 bridgehead atoms. The number of rotatable bonds is 6. The van der Waals surface area contributed by atoms with Crippen molar-refractivity contribution in [1.29, 1.82) is 0 Å². The Balaban J connectivity index is 1.51. The van der Waals surface area contributed by atoms with Crippen molar-refractivity contribution in [3.8, 4) is 0 Å². The molecule has 4 nitrogen and oxygen atoms in total. The van der Waals surface area contributed by atoms with Gasteiger partial charge in [0.2, 0.25) is 11.8 Å². The highest BCUT2D eigenvalue weighted by Crippen LogP contribution is 2.53. The van der Waals surface area contributed by atoms with Gasteiger partial charge in [0.1, 0.15) is 4.33 Å². The summed E-state index contributed by atoms with van der Waals surface area (Å²) in [4.78, 5) is 22.8. The summed E-state index contributed by atoms with van der Waals surface area (Å²) >= 11 is 11.5. The molecular weight excluding hydrogens is 263 g/mol. The molecule has 0 saturated heterocycles. The lowest BCUT2D eigenvalue weighted by Gasteiger charge is -2.05. The van der Waals surface area contributed by atoms with Crippen molar-refractivity contribution in [2.75, 3.05) is 6.54 Å². The van der Waals surface area contributed by atoms with Crippen LogP contribution in [0.5, 0.6) is 0 Å². The fraction of sp³-hybridized carbons (Fsp3) is 0.818. The van der Waals surface area contributed by atoms with Gasteiger partial charge in [-0.3, -0.25) is 9.59 Å². The second kappa shape index (κ2) is 5.02. The third kappa shape index (κ3) is 4.03. The van der Waals surface area contributed by atoms with Crippen LogP contribution >= 0.6 is 23.2 Å². The zero-order valence-corrected chi connectivity index (χ0v) is 11.0. The molecule has 2 amide bonds. The molecule has 0 aromatic carbocycles. The molecule has 0 aromatic rings. The van der Waals surface area contributed by atoms with Crippen molar-refractivity contribution in [2.24, 2.45) is 5.92 Å². The van der Waals surface area contributed by atoms with Crippen LogP contribution in [0.15, 0.2) is 0 Å². The minimum absolute atomic E-state index is 0.0669. The zero-order chi connectivity index (χ0) is 12.5. The second-order valence-corrected chi connectivity index (χ2v) is 6.30. The molecule has 17 heavy (non-hydrogen) atoms. The van der Waals surface area contributed by atoms with E-state index >= 15 is 0 Å².